The number of anilines is 1. The Hall–Kier alpha value is -4.69. The van der Waals surface area contributed by atoms with Gasteiger partial charge in [-0.2, -0.15) is 0 Å². The van der Waals surface area contributed by atoms with Crippen LogP contribution < -0.4 is 10.9 Å². The van der Waals surface area contributed by atoms with Crippen molar-refractivity contribution in [3.63, 3.8) is 0 Å². The van der Waals surface area contributed by atoms with Crippen molar-refractivity contribution in [1.82, 2.24) is 4.57 Å². The van der Waals surface area contributed by atoms with Gasteiger partial charge in [-0.15, -0.1) is 0 Å². The minimum Gasteiger partial charge on any atom is -0.481 e. The van der Waals surface area contributed by atoms with Crippen LogP contribution >= 0.6 is 11.6 Å². The van der Waals surface area contributed by atoms with Crippen LogP contribution in [0.15, 0.2) is 95.0 Å². The van der Waals surface area contributed by atoms with Crippen LogP contribution in [-0.2, 0) is 16.6 Å². The van der Waals surface area contributed by atoms with Crippen LogP contribution in [0.25, 0.3) is 11.1 Å². The molecule has 9 heteroatoms. The monoisotopic (exact) mass is 557 g/mol. The Morgan fingerprint density at radius 3 is 2.40 bits per heavy atom. The standard InChI is InChI=1S/C31H28ClN3O5/c1-19-14-22(32)9-11-24(19)27(16-28(34-40)21-8-13-30(37)35(2)18-21)26-15-23(33-29(36)17-31(38)39)10-12-25(26)20-6-4-3-5-7-20/h3-15,18,27,40H,16-17H2,1-2H3,(H,33,36)(H,38,39)/b34-28+. The van der Waals surface area contributed by atoms with Crippen molar-refractivity contribution in [2.45, 2.75) is 25.7 Å². The summed E-state index contributed by atoms with van der Waals surface area (Å²) in [6, 6.07) is 23.7. The maximum absolute atomic E-state index is 12.3. The van der Waals surface area contributed by atoms with Crippen molar-refractivity contribution in [1.29, 1.82) is 0 Å². The van der Waals surface area contributed by atoms with Crippen molar-refractivity contribution < 1.29 is 19.9 Å². The molecule has 8 nitrogen and oxygen atoms in total. The van der Waals surface area contributed by atoms with Gasteiger partial charge >= 0.3 is 5.97 Å². The van der Waals surface area contributed by atoms with E-state index in [0.717, 1.165) is 27.8 Å². The minimum absolute atomic E-state index is 0.192. The predicted molar refractivity (Wildman–Crippen MR) is 155 cm³/mol. The number of nitrogens with one attached hydrogen (secondary N) is 1. The Bertz CT molecular complexity index is 1650. The Morgan fingerprint density at radius 1 is 1.00 bits per heavy atom. The highest BCUT2D eigenvalue weighted by molar-refractivity contribution is 6.30. The second-order valence-corrected chi connectivity index (χ2v) is 9.89. The van der Waals surface area contributed by atoms with Crippen LogP contribution in [-0.4, -0.2) is 32.5 Å². The molecule has 3 N–H and O–H groups in total. The fraction of sp³-hybridized carbons (Fsp3) is 0.161. The van der Waals surface area contributed by atoms with Gasteiger partial charge in [0.1, 0.15) is 6.42 Å². The van der Waals surface area contributed by atoms with E-state index in [1.54, 1.807) is 31.4 Å². The summed E-state index contributed by atoms with van der Waals surface area (Å²) < 4.78 is 1.41. The van der Waals surface area contributed by atoms with Gasteiger partial charge in [-0.25, -0.2) is 0 Å². The van der Waals surface area contributed by atoms with E-state index in [9.17, 15) is 19.6 Å². The molecule has 204 valence electrons. The summed E-state index contributed by atoms with van der Waals surface area (Å²) in [6.07, 6.45) is 1.19. The van der Waals surface area contributed by atoms with E-state index in [0.29, 0.717) is 22.0 Å². The lowest BCUT2D eigenvalue weighted by Crippen LogP contribution is -2.19. The number of amides is 1. The van der Waals surface area contributed by atoms with E-state index >= 15 is 0 Å². The molecule has 1 amide bonds. The molecule has 0 aliphatic rings. The van der Waals surface area contributed by atoms with Crippen molar-refractivity contribution in [2.24, 2.45) is 12.2 Å². The third-order valence-electron chi connectivity index (χ3n) is 6.65. The summed E-state index contributed by atoms with van der Waals surface area (Å²) in [5.41, 5.74) is 5.63. The first-order valence-corrected chi connectivity index (χ1v) is 12.9. The lowest BCUT2D eigenvalue weighted by Gasteiger charge is -2.25. The molecular formula is C31H28ClN3O5. The highest BCUT2D eigenvalue weighted by Crippen LogP contribution is 2.39. The van der Waals surface area contributed by atoms with Gasteiger partial charge in [-0.3, -0.25) is 14.4 Å². The quantitative estimate of drug-likeness (QED) is 0.103. The molecule has 4 rings (SSSR count). The van der Waals surface area contributed by atoms with Crippen LogP contribution in [0.4, 0.5) is 5.69 Å². The number of halogens is 1. The van der Waals surface area contributed by atoms with Gasteiger partial charge in [0.2, 0.25) is 11.5 Å². The predicted octanol–water partition coefficient (Wildman–Crippen LogP) is 5.83. The topological polar surface area (TPSA) is 121 Å². The summed E-state index contributed by atoms with van der Waals surface area (Å²) in [7, 11) is 1.62. The lowest BCUT2D eigenvalue weighted by atomic mass is 9.80. The first kappa shape index (κ1) is 28.3. The third-order valence-corrected chi connectivity index (χ3v) is 6.89. The molecule has 0 radical (unpaired) electrons. The number of pyridine rings is 1. The summed E-state index contributed by atoms with van der Waals surface area (Å²) in [6.45, 7) is 1.94. The molecule has 1 atom stereocenters. The number of aromatic nitrogens is 1. The second kappa shape index (κ2) is 12.4. The zero-order valence-corrected chi connectivity index (χ0v) is 22.7. The van der Waals surface area contributed by atoms with Gasteiger partial charge in [0.15, 0.2) is 0 Å². The number of rotatable bonds is 9. The zero-order valence-electron chi connectivity index (χ0n) is 22.0. The highest BCUT2D eigenvalue weighted by Gasteiger charge is 2.25. The molecule has 1 aromatic heterocycles. The van der Waals surface area contributed by atoms with Crippen LogP contribution in [0.5, 0.6) is 0 Å². The Labute approximate surface area is 236 Å². The van der Waals surface area contributed by atoms with Gasteiger partial charge in [-0.1, -0.05) is 59.2 Å². The molecule has 0 saturated carbocycles. The largest absolute Gasteiger partial charge is 0.481 e. The number of carboxylic acids is 1. The summed E-state index contributed by atoms with van der Waals surface area (Å²) >= 11 is 6.29. The number of carboxylic acid groups (broad SMARTS) is 1. The van der Waals surface area contributed by atoms with E-state index in [1.807, 2.05) is 61.5 Å². The Balaban J connectivity index is 1.91. The maximum atomic E-state index is 12.3. The zero-order chi connectivity index (χ0) is 28.8. The number of nitrogens with zero attached hydrogens (tertiary/aromatic N) is 2. The molecule has 1 heterocycles. The van der Waals surface area contributed by atoms with Crippen LogP contribution in [0, 0.1) is 6.92 Å². The third kappa shape index (κ3) is 6.65. The number of carbonyl (C=O) groups is 2. The molecule has 0 bridgehead atoms. The average Bonchev–Trinajstić information content (AvgIpc) is 2.91. The van der Waals surface area contributed by atoms with E-state index in [4.69, 9.17) is 16.7 Å². The van der Waals surface area contributed by atoms with Crippen molar-refractivity contribution in [3.05, 3.63) is 123 Å². The molecule has 4 aromatic rings. The van der Waals surface area contributed by atoms with Gasteiger partial charge < -0.3 is 20.2 Å². The average molecular weight is 558 g/mol. The fourth-order valence-electron chi connectivity index (χ4n) is 4.74. The first-order valence-electron chi connectivity index (χ1n) is 12.5. The van der Waals surface area contributed by atoms with E-state index in [1.165, 1.54) is 10.6 Å². The molecule has 0 aliphatic heterocycles. The van der Waals surface area contributed by atoms with Gasteiger partial charge in [0.25, 0.3) is 0 Å². The summed E-state index contributed by atoms with van der Waals surface area (Å²) in [4.78, 5) is 35.4. The van der Waals surface area contributed by atoms with Crippen molar-refractivity contribution in [3.8, 4) is 11.1 Å². The molecule has 0 saturated heterocycles. The summed E-state index contributed by atoms with van der Waals surface area (Å²) in [5, 5.41) is 26.0. The first-order chi connectivity index (χ1) is 19.2. The number of aryl methyl sites for hydroxylation is 2. The number of hydrogen-bond acceptors (Lipinski definition) is 5. The maximum Gasteiger partial charge on any atom is 0.312 e. The number of hydrogen-bond donors (Lipinski definition) is 3. The molecule has 0 aliphatic carbocycles. The number of oxime groups is 1. The second-order valence-electron chi connectivity index (χ2n) is 9.46. The molecule has 0 spiro atoms. The molecular weight excluding hydrogens is 530 g/mol. The van der Waals surface area contributed by atoms with Crippen LogP contribution in [0.3, 0.4) is 0 Å². The molecule has 40 heavy (non-hydrogen) atoms. The summed E-state index contributed by atoms with van der Waals surface area (Å²) in [5.74, 6) is -2.26. The molecule has 0 fully saturated rings. The van der Waals surface area contributed by atoms with Gasteiger partial charge in [-0.05, 0) is 65.1 Å². The van der Waals surface area contributed by atoms with Gasteiger partial charge in [0, 0.05) is 47.9 Å². The van der Waals surface area contributed by atoms with Crippen molar-refractivity contribution >= 4 is 34.9 Å². The highest BCUT2D eigenvalue weighted by atomic mass is 35.5. The Kier molecular flexibility index (Phi) is 8.81. The van der Waals surface area contributed by atoms with Crippen molar-refractivity contribution in [2.75, 3.05) is 5.32 Å². The van der Waals surface area contributed by atoms with E-state index in [2.05, 4.69) is 10.5 Å². The van der Waals surface area contributed by atoms with E-state index in [-0.39, 0.29) is 17.9 Å². The fourth-order valence-corrected chi connectivity index (χ4v) is 4.97. The number of carbonyl (C=O) groups excluding carboxylic acids is 1. The van der Waals surface area contributed by atoms with Gasteiger partial charge in [0.05, 0.1) is 5.71 Å². The Morgan fingerprint density at radius 2 is 1.75 bits per heavy atom. The van der Waals surface area contributed by atoms with Crippen LogP contribution in [0.2, 0.25) is 5.02 Å². The molecule has 3 aromatic carbocycles. The number of aliphatic carboxylic acids is 1. The molecule has 1 unspecified atom stereocenters. The minimum atomic E-state index is -1.23. The van der Waals surface area contributed by atoms with Crippen LogP contribution in [0.1, 0.15) is 41.0 Å². The lowest BCUT2D eigenvalue weighted by molar-refractivity contribution is -0.139. The SMILES string of the molecule is Cc1cc(Cl)ccc1C(C/C(=N\O)c1ccc(=O)n(C)c1)c1cc(NC(=O)CC(=O)O)ccc1-c1ccccc1. The number of benzene rings is 3. The normalized spacial score (nSPS) is 12.1. The van der Waals surface area contributed by atoms with E-state index < -0.39 is 18.3 Å². The smallest absolute Gasteiger partial charge is 0.312 e.